The predicted octanol–water partition coefficient (Wildman–Crippen LogP) is 4.07. The lowest BCUT2D eigenvalue weighted by Gasteiger charge is -2.08. The molecule has 0 fully saturated rings. The van der Waals surface area contributed by atoms with Crippen LogP contribution >= 0.6 is 11.6 Å². The lowest BCUT2D eigenvalue weighted by molar-refractivity contribution is -0.137. The first-order valence-electron chi connectivity index (χ1n) is 7.03. The molecule has 0 radical (unpaired) electrons. The second-order valence-electron chi connectivity index (χ2n) is 4.89. The Morgan fingerprint density at radius 1 is 1.08 bits per heavy atom. The Hall–Kier alpha value is -2.45. The molecule has 0 atom stereocenters. The van der Waals surface area contributed by atoms with E-state index in [1.54, 1.807) is 24.3 Å². The molecule has 0 aliphatic heterocycles. The molecule has 0 aliphatic carbocycles. The predicted molar refractivity (Wildman–Crippen MR) is 86.5 cm³/mol. The van der Waals surface area contributed by atoms with Crippen molar-refractivity contribution in [1.29, 1.82) is 0 Å². The number of hydrogen-bond acceptors (Lipinski definition) is 1. The van der Waals surface area contributed by atoms with Crippen LogP contribution in [-0.2, 0) is 17.4 Å². The molecule has 2 aromatic carbocycles. The molecule has 0 saturated heterocycles. The van der Waals surface area contributed by atoms with Gasteiger partial charge in [-0.15, -0.1) is 0 Å². The Morgan fingerprint density at radius 2 is 1.75 bits per heavy atom. The minimum Gasteiger partial charge on any atom is -0.345 e. The second kappa shape index (κ2) is 7.89. The van der Waals surface area contributed by atoms with Crippen molar-refractivity contribution in [2.45, 2.75) is 12.6 Å². The van der Waals surface area contributed by atoms with Crippen molar-refractivity contribution < 1.29 is 18.0 Å². The summed E-state index contributed by atoms with van der Waals surface area (Å²) >= 11 is 5.96. The fourth-order valence-electron chi connectivity index (χ4n) is 2.00. The third kappa shape index (κ3) is 5.04. The molecule has 1 N–H and O–H groups in total. The first-order chi connectivity index (χ1) is 11.4. The summed E-state index contributed by atoms with van der Waals surface area (Å²) in [4.78, 5) is 11.8. The molecule has 24 heavy (non-hydrogen) atoms. The summed E-state index contributed by atoms with van der Waals surface area (Å²) in [7, 11) is 0. The van der Waals surface area contributed by atoms with Gasteiger partial charge >= 0.3 is 6.18 Å². The Kier molecular flexibility index (Phi) is 5.88. The van der Waals surface area contributed by atoms with Gasteiger partial charge in [0.25, 0.3) is 0 Å². The van der Waals surface area contributed by atoms with Gasteiger partial charge in [0.15, 0.2) is 0 Å². The zero-order chi connectivity index (χ0) is 17.6. The standard InChI is InChI=1S/C18H13ClF3NO/c19-16-10-4-2-7-14(16)12-17(24)23-11-5-8-13-6-1-3-9-15(13)18(20,21)22/h1-4,6-7,9-10H,11-12H2,(H,23,24). The van der Waals surface area contributed by atoms with Crippen LogP contribution in [0.15, 0.2) is 48.5 Å². The van der Waals surface area contributed by atoms with Gasteiger partial charge in [0.1, 0.15) is 0 Å². The molecule has 0 aromatic heterocycles. The molecule has 0 heterocycles. The summed E-state index contributed by atoms with van der Waals surface area (Å²) in [5.41, 5.74) is -0.239. The van der Waals surface area contributed by atoms with E-state index in [1.807, 2.05) is 0 Å². The van der Waals surface area contributed by atoms with Gasteiger partial charge in [0, 0.05) is 10.6 Å². The van der Waals surface area contributed by atoms with E-state index in [0.29, 0.717) is 10.6 Å². The van der Waals surface area contributed by atoms with Crippen LogP contribution in [0.2, 0.25) is 5.02 Å². The van der Waals surface area contributed by atoms with Crippen LogP contribution in [0.1, 0.15) is 16.7 Å². The number of benzene rings is 2. The highest BCUT2D eigenvalue weighted by Crippen LogP contribution is 2.31. The van der Waals surface area contributed by atoms with E-state index >= 15 is 0 Å². The van der Waals surface area contributed by atoms with E-state index in [0.717, 1.165) is 6.07 Å². The summed E-state index contributed by atoms with van der Waals surface area (Å²) in [5.74, 6) is 4.67. The van der Waals surface area contributed by atoms with Gasteiger partial charge < -0.3 is 5.32 Å². The van der Waals surface area contributed by atoms with E-state index in [2.05, 4.69) is 17.2 Å². The molecule has 2 aromatic rings. The molecule has 0 saturated carbocycles. The van der Waals surface area contributed by atoms with Crippen molar-refractivity contribution >= 4 is 17.5 Å². The Labute approximate surface area is 142 Å². The molecule has 6 heteroatoms. The fraction of sp³-hybridized carbons (Fsp3) is 0.167. The molecule has 1 amide bonds. The largest absolute Gasteiger partial charge is 0.417 e. The van der Waals surface area contributed by atoms with Crippen molar-refractivity contribution in [3.05, 3.63) is 70.2 Å². The van der Waals surface area contributed by atoms with Crippen LogP contribution in [0.3, 0.4) is 0 Å². The van der Waals surface area contributed by atoms with Crippen LogP contribution in [0.4, 0.5) is 13.2 Å². The molecule has 124 valence electrons. The smallest absolute Gasteiger partial charge is 0.345 e. The maximum atomic E-state index is 12.8. The molecule has 2 nitrogen and oxygen atoms in total. The fourth-order valence-corrected chi connectivity index (χ4v) is 2.20. The van der Waals surface area contributed by atoms with Gasteiger partial charge in [0.05, 0.1) is 18.5 Å². The highest BCUT2D eigenvalue weighted by Gasteiger charge is 2.32. The van der Waals surface area contributed by atoms with E-state index in [-0.39, 0.29) is 24.4 Å². The van der Waals surface area contributed by atoms with Gasteiger partial charge in [-0.1, -0.05) is 53.8 Å². The van der Waals surface area contributed by atoms with Gasteiger partial charge in [-0.3, -0.25) is 4.79 Å². The SMILES string of the molecule is O=C(Cc1ccccc1Cl)NCC#Cc1ccccc1C(F)(F)F. The summed E-state index contributed by atoms with van der Waals surface area (Å²) in [5, 5.41) is 3.02. The van der Waals surface area contributed by atoms with Crippen LogP contribution in [0.25, 0.3) is 0 Å². The van der Waals surface area contributed by atoms with Gasteiger partial charge in [0.2, 0.25) is 5.91 Å². The Bertz CT molecular complexity index is 791. The molecule has 0 unspecified atom stereocenters. The van der Waals surface area contributed by atoms with Gasteiger partial charge in [-0.05, 0) is 23.8 Å². The first-order valence-corrected chi connectivity index (χ1v) is 7.41. The molecule has 0 spiro atoms. The quantitative estimate of drug-likeness (QED) is 0.830. The van der Waals surface area contributed by atoms with E-state index < -0.39 is 11.7 Å². The minimum absolute atomic E-state index is 0.0462. The maximum Gasteiger partial charge on any atom is 0.417 e. The van der Waals surface area contributed by atoms with E-state index in [1.165, 1.54) is 18.2 Å². The number of alkyl halides is 3. The lowest BCUT2D eigenvalue weighted by Crippen LogP contribution is -2.25. The molecule has 2 rings (SSSR count). The van der Waals surface area contributed by atoms with Crippen LogP contribution in [-0.4, -0.2) is 12.5 Å². The Balaban J connectivity index is 1.95. The topological polar surface area (TPSA) is 29.1 Å². The first kappa shape index (κ1) is 17.9. The minimum atomic E-state index is -4.46. The van der Waals surface area contributed by atoms with E-state index in [4.69, 9.17) is 11.6 Å². The van der Waals surface area contributed by atoms with Crippen LogP contribution < -0.4 is 5.32 Å². The highest BCUT2D eigenvalue weighted by molar-refractivity contribution is 6.31. The average Bonchev–Trinajstić information content (AvgIpc) is 2.53. The number of carbonyl (C=O) groups excluding carboxylic acids is 1. The monoisotopic (exact) mass is 351 g/mol. The number of amides is 1. The third-order valence-electron chi connectivity index (χ3n) is 3.14. The molecule has 0 bridgehead atoms. The molecule has 0 aliphatic rings. The summed E-state index contributed by atoms with van der Waals surface area (Å²) in [6.45, 7) is -0.0462. The number of carbonyl (C=O) groups is 1. The van der Waals surface area contributed by atoms with Gasteiger partial charge in [-0.25, -0.2) is 0 Å². The highest BCUT2D eigenvalue weighted by atomic mass is 35.5. The van der Waals surface area contributed by atoms with Gasteiger partial charge in [-0.2, -0.15) is 13.2 Å². The summed E-state index contributed by atoms with van der Waals surface area (Å²) in [6.07, 6.45) is -4.38. The summed E-state index contributed by atoms with van der Waals surface area (Å²) < 4.78 is 38.4. The Morgan fingerprint density at radius 3 is 2.46 bits per heavy atom. The number of nitrogens with one attached hydrogen (secondary N) is 1. The third-order valence-corrected chi connectivity index (χ3v) is 3.51. The van der Waals surface area contributed by atoms with Crippen LogP contribution in [0, 0.1) is 11.8 Å². The average molecular weight is 352 g/mol. The normalized spacial score (nSPS) is 10.7. The zero-order valence-corrected chi connectivity index (χ0v) is 13.2. The zero-order valence-electron chi connectivity index (χ0n) is 12.5. The molecular formula is C18H13ClF3NO. The van der Waals surface area contributed by atoms with Crippen molar-refractivity contribution in [3.8, 4) is 11.8 Å². The summed E-state index contributed by atoms with van der Waals surface area (Å²) in [6, 6.07) is 12.0. The maximum absolute atomic E-state index is 12.8. The number of hydrogen-bond donors (Lipinski definition) is 1. The van der Waals surface area contributed by atoms with E-state index in [9.17, 15) is 18.0 Å². The van der Waals surface area contributed by atoms with Crippen molar-refractivity contribution in [2.75, 3.05) is 6.54 Å². The van der Waals surface area contributed by atoms with Crippen molar-refractivity contribution in [3.63, 3.8) is 0 Å². The van der Waals surface area contributed by atoms with Crippen molar-refractivity contribution in [2.24, 2.45) is 0 Å². The number of halogens is 4. The second-order valence-corrected chi connectivity index (χ2v) is 5.30. The van der Waals surface area contributed by atoms with Crippen LogP contribution in [0.5, 0.6) is 0 Å². The lowest BCUT2D eigenvalue weighted by atomic mass is 10.1. The number of rotatable bonds is 3. The van der Waals surface area contributed by atoms with Crippen molar-refractivity contribution in [1.82, 2.24) is 5.32 Å². The molecular weight excluding hydrogens is 339 g/mol.